The van der Waals surface area contributed by atoms with Crippen molar-refractivity contribution in [3.05, 3.63) is 57.0 Å². The van der Waals surface area contributed by atoms with Crippen molar-refractivity contribution in [2.45, 2.75) is 19.9 Å². The third-order valence-corrected chi connectivity index (χ3v) is 4.68. The molecule has 1 unspecified atom stereocenters. The van der Waals surface area contributed by atoms with E-state index < -0.39 is 0 Å². The predicted molar refractivity (Wildman–Crippen MR) is 88.6 cm³/mol. The maximum Gasteiger partial charge on any atom is 0.0901 e. The van der Waals surface area contributed by atoms with E-state index in [-0.39, 0.29) is 0 Å². The zero-order chi connectivity index (χ0) is 13.9. The van der Waals surface area contributed by atoms with Gasteiger partial charge < -0.3 is 5.32 Å². The molecule has 3 rings (SSSR count). The van der Waals surface area contributed by atoms with E-state index in [0.29, 0.717) is 6.04 Å². The van der Waals surface area contributed by atoms with E-state index >= 15 is 0 Å². The molecule has 0 aliphatic carbocycles. The molecule has 1 aromatic carbocycles. The molecule has 0 aliphatic heterocycles. The molecule has 2 heterocycles. The number of hydrogen-bond donors (Lipinski definition) is 1. The molecule has 0 spiro atoms. The van der Waals surface area contributed by atoms with Crippen LogP contribution in [0, 0.1) is 6.92 Å². The van der Waals surface area contributed by atoms with Crippen LogP contribution < -0.4 is 5.32 Å². The first-order chi connectivity index (χ1) is 9.72. The molecule has 0 radical (unpaired) electrons. The lowest BCUT2D eigenvalue weighted by atomic mass is 10.1. The van der Waals surface area contributed by atoms with Crippen LogP contribution in [0.3, 0.4) is 0 Å². The Labute approximate surface area is 127 Å². The Bertz CT molecular complexity index is 686. The van der Waals surface area contributed by atoms with E-state index in [1.807, 2.05) is 6.92 Å². The van der Waals surface area contributed by atoms with E-state index in [4.69, 9.17) is 0 Å². The minimum Gasteiger partial charge on any atom is -0.378 e. The summed E-state index contributed by atoms with van der Waals surface area (Å²) < 4.78 is 0. The van der Waals surface area contributed by atoms with E-state index in [1.165, 1.54) is 5.56 Å². The number of thiazole rings is 1. The SMILES string of the molecule is Cc1nc(-c2cccc(NC(C)c3ccsc3)c2)cs1. The first-order valence-corrected chi connectivity index (χ1v) is 8.36. The van der Waals surface area contributed by atoms with Gasteiger partial charge in [-0.1, -0.05) is 12.1 Å². The van der Waals surface area contributed by atoms with E-state index in [1.54, 1.807) is 22.7 Å². The fraction of sp³-hybridized carbons (Fsp3) is 0.188. The van der Waals surface area contributed by atoms with Gasteiger partial charge in [-0.05, 0) is 48.4 Å². The normalized spacial score (nSPS) is 12.3. The zero-order valence-corrected chi connectivity index (χ0v) is 13.1. The molecule has 102 valence electrons. The molecule has 0 aliphatic rings. The summed E-state index contributed by atoms with van der Waals surface area (Å²) in [5, 5.41) is 11.1. The van der Waals surface area contributed by atoms with Gasteiger partial charge in [0.25, 0.3) is 0 Å². The van der Waals surface area contributed by atoms with Gasteiger partial charge in [0.15, 0.2) is 0 Å². The Kier molecular flexibility index (Phi) is 3.85. The average Bonchev–Trinajstić information content (AvgIpc) is 3.10. The fourth-order valence-corrected chi connectivity index (χ4v) is 3.50. The molecule has 1 N–H and O–H groups in total. The molecule has 0 saturated heterocycles. The highest BCUT2D eigenvalue weighted by Crippen LogP contribution is 2.26. The van der Waals surface area contributed by atoms with Crippen molar-refractivity contribution >= 4 is 28.4 Å². The molecule has 3 aromatic rings. The standard InChI is InChI=1S/C16H16N2S2/c1-11(14-6-7-19-9-14)17-15-5-3-4-13(8-15)16-10-20-12(2)18-16/h3-11,17H,1-2H3. The van der Waals surface area contributed by atoms with Gasteiger partial charge in [-0.25, -0.2) is 4.98 Å². The number of rotatable bonds is 4. The molecule has 2 nitrogen and oxygen atoms in total. The van der Waals surface area contributed by atoms with Crippen molar-refractivity contribution in [3.63, 3.8) is 0 Å². The van der Waals surface area contributed by atoms with Gasteiger partial charge in [-0.15, -0.1) is 11.3 Å². The lowest BCUT2D eigenvalue weighted by Crippen LogP contribution is -2.05. The molecule has 0 fully saturated rings. The lowest BCUT2D eigenvalue weighted by molar-refractivity contribution is 0.891. The third-order valence-electron chi connectivity index (χ3n) is 3.20. The summed E-state index contributed by atoms with van der Waals surface area (Å²) in [6.45, 7) is 4.22. The van der Waals surface area contributed by atoms with Crippen LogP contribution in [0.25, 0.3) is 11.3 Å². The highest BCUT2D eigenvalue weighted by Gasteiger charge is 2.07. The van der Waals surface area contributed by atoms with Crippen LogP contribution in [0.15, 0.2) is 46.5 Å². The average molecular weight is 300 g/mol. The number of aromatic nitrogens is 1. The summed E-state index contributed by atoms with van der Waals surface area (Å²) >= 11 is 3.42. The molecule has 1 atom stereocenters. The summed E-state index contributed by atoms with van der Waals surface area (Å²) in [4.78, 5) is 4.54. The van der Waals surface area contributed by atoms with Crippen molar-refractivity contribution in [2.24, 2.45) is 0 Å². The Morgan fingerprint density at radius 3 is 2.80 bits per heavy atom. The maximum atomic E-state index is 4.54. The first kappa shape index (κ1) is 13.3. The Hall–Kier alpha value is -1.65. The number of aryl methyl sites for hydroxylation is 1. The largest absolute Gasteiger partial charge is 0.378 e. The maximum absolute atomic E-state index is 4.54. The van der Waals surface area contributed by atoms with Crippen LogP contribution in [-0.2, 0) is 0 Å². The minimum atomic E-state index is 0.314. The minimum absolute atomic E-state index is 0.314. The summed E-state index contributed by atoms with van der Waals surface area (Å²) in [7, 11) is 0. The van der Waals surface area contributed by atoms with Gasteiger partial charge in [0.05, 0.1) is 10.7 Å². The molecule has 20 heavy (non-hydrogen) atoms. The smallest absolute Gasteiger partial charge is 0.0901 e. The highest BCUT2D eigenvalue weighted by atomic mass is 32.1. The van der Waals surface area contributed by atoms with Crippen LogP contribution >= 0.6 is 22.7 Å². The molecule has 2 aromatic heterocycles. The van der Waals surface area contributed by atoms with Crippen molar-refractivity contribution in [2.75, 3.05) is 5.32 Å². The van der Waals surface area contributed by atoms with Gasteiger partial charge in [0.2, 0.25) is 0 Å². The van der Waals surface area contributed by atoms with E-state index in [2.05, 4.69) is 63.7 Å². The van der Waals surface area contributed by atoms with Crippen molar-refractivity contribution in [1.82, 2.24) is 4.98 Å². The number of hydrogen-bond acceptors (Lipinski definition) is 4. The molecular formula is C16H16N2S2. The summed E-state index contributed by atoms with van der Waals surface area (Å²) in [5.74, 6) is 0. The second-order valence-electron chi connectivity index (χ2n) is 4.76. The van der Waals surface area contributed by atoms with Gasteiger partial charge in [0.1, 0.15) is 0 Å². The molecule has 0 saturated carbocycles. The summed E-state index contributed by atoms with van der Waals surface area (Å²) in [6.07, 6.45) is 0. The fourth-order valence-electron chi connectivity index (χ4n) is 2.12. The number of nitrogens with one attached hydrogen (secondary N) is 1. The zero-order valence-electron chi connectivity index (χ0n) is 11.5. The van der Waals surface area contributed by atoms with Crippen molar-refractivity contribution in [1.29, 1.82) is 0 Å². The third kappa shape index (κ3) is 2.92. The topological polar surface area (TPSA) is 24.9 Å². The predicted octanol–water partition coefficient (Wildman–Crippen LogP) is 5.35. The van der Waals surface area contributed by atoms with Gasteiger partial charge in [-0.2, -0.15) is 11.3 Å². The molecule has 0 amide bonds. The second-order valence-corrected chi connectivity index (χ2v) is 6.60. The quantitative estimate of drug-likeness (QED) is 0.702. The Balaban J connectivity index is 1.81. The van der Waals surface area contributed by atoms with Crippen LogP contribution in [0.1, 0.15) is 23.5 Å². The van der Waals surface area contributed by atoms with E-state index in [9.17, 15) is 0 Å². The van der Waals surface area contributed by atoms with Crippen molar-refractivity contribution in [3.8, 4) is 11.3 Å². The van der Waals surface area contributed by atoms with Crippen LogP contribution in [-0.4, -0.2) is 4.98 Å². The Morgan fingerprint density at radius 2 is 2.10 bits per heavy atom. The second kappa shape index (κ2) is 5.77. The molecule has 4 heteroatoms. The van der Waals surface area contributed by atoms with Gasteiger partial charge in [-0.3, -0.25) is 0 Å². The number of nitrogens with zero attached hydrogens (tertiary/aromatic N) is 1. The highest BCUT2D eigenvalue weighted by molar-refractivity contribution is 7.09. The lowest BCUT2D eigenvalue weighted by Gasteiger charge is -2.14. The number of benzene rings is 1. The van der Waals surface area contributed by atoms with E-state index in [0.717, 1.165) is 22.0 Å². The summed E-state index contributed by atoms with van der Waals surface area (Å²) in [5.41, 5.74) is 4.67. The van der Waals surface area contributed by atoms with Gasteiger partial charge >= 0.3 is 0 Å². The van der Waals surface area contributed by atoms with Crippen molar-refractivity contribution < 1.29 is 0 Å². The van der Waals surface area contributed by atoms with Crippen LogP contribution in [0.2, 0.25) is 0 Å². The molecular weight excluding hydrogens is 284 g/mol. The summed E-state index contributed by atoms with van der Waals surface area (Å²) in [6, 6.07) is 10.9. The molecule has 0 bridgehead atoms. The monoisotopic (exact) mass is 300 g/mol. The van der Waals surface area contributed by atoms with Crippen LogP contribution in [0.4, 0.5) is 5.69 Å². The number of thiophene rings is 1. The Morgan fingerprint density at radius 1 is 1.20 bits per heavy atom. The first-order valence-electron chi connectivity index (χ1n) is 6.53. The van der Waals surface area contributed by atoms with Crippen LogP contribution in [0.5, 0.6) is 0 Å². The number of anilines is 1. The van der Waals surface area contributed by atoms with Gasteiger partial charge in [0, 0.05) is 22.7 Å².